The topological polar surface area (TPSA) is 57.6 Å². The van der Waals surface area contributed by atoms with Crippen molar-refractivity contribution in [3.8, 4) is 0 Å². The lowest BCUT2D eigenvalue weighted by atomic mass is 10.1. The van der Waals surface area contributed by atoms with Gasteiger partial charge >= 0.3 is 0 Å². The van der Waals surface area contributed by atoms with Gasteiger partial charge in [0.2, 0.25) is 17.8 Å². The minimum absolute atomic E-state index is 0.754. The molecule has 1 aromatic rings. The lowest BCUT2D eigenvalue weighted by molar-refractivity contribution is 0.122. The zero-order valence-corrected chi connectivity index (χ0v) is 13.8. The second kappa shape index (κ2) is 6.86. The van der Waals surface area contributed by atoms with E-state index in [1.165, 1.54) is 32.1 Å². The Hall–Kier alpha value is -1.63. The van der Waals surface area contributed by atoms with Crippen molar-refractivity contribution in [2.45, 2.75) is 32.1 Å². The Morgan fingerprint density at radius 1 is 0.522 bits per heavy atom. The fourth-order valence-electron chi connectivity index (χ4n) is 3.54. The number of rotatable bonds is 3. The first-order chi connectivity index (χ1) is 11.4. The van der Waals surface area contributed by atoms with E-state index in [-0.39, 0.29) is 0 Å². The summed E-state index contributed by atoms with van der Waals surface area (Å²) in [6.07, 6.45) is 6.25. The highest BCUT2D eigenvalue weighted by molar-refractivity contribution is 5.47. The summed E-state index contributed by atoms with van der Waals surface area (Å²) in [5.74, 6) is 2.55. The third kappa shape index (κ3) is 3.34. The Kier molecular flexibility index (Phi) is 4.46. The fraction of sp³-hybridized carbons (Fsp3) is 0.812. The zero-order chi connectivity index (χ0) is 15.5. The van der Waals surface area contributed by atoms with Crippen molar-refractivity contribution in [3.63, 3.8) is 0 Å². The highest BCUT2D eigenvalue weighted by Gasteiger charge is 2.23. The van der Waals surface area contributed by atoms with Gasteiger partial charge in [-0.1, -0.05) is 0 Å². The van der Waals surface area contributed by atoms with Crippen molar-refractivity contribution in [1.29, 1.82) is 0 Å². The van der Waals surface area contributed by atoms with Crippen molar-refractivity contribution < 1.29 is 4.74 Å². The van der Waals surface area contributed by atoms with Crippen LogP contribution in [0.4, 0.5) is 17.8 Å². The van der Waals surface area contributed by atoms with E-state index in [1.54, 1.807) is 0 Å². The van der Waals surface area contributed by atoms with E-state index in [2.05, 4.69) is 14.7 Å². The van der Waals surface area contributed by atoms with E-state index in [0.717, 1.165) is 70.3 Å². The first kappa shape index (κ1) is 14.9. The SMILES string of the molecule is C1CCN(c2nc(N3CCCC3)nc(N3CCOCC3)n2)CC1. The van der Waals surface area contributed by atoms with Crippen LogP contribution in [0.25, 0.3) is 0 Å². The second-order valence-corrected chi connectivity index (χ2v) is 6.58. The third-order valence-corrected chi connectivity index (χ3v) is 4.92. The Balaban J connectivity index is 1.64. The Morgan fingerprint density at radius 2 is 0.913 bits per heavy atom. The number of hydrogen-bond donors (Lipinski definition) is 0. The molecule has 0 amide bonds. The molecule has 23 heavy (non-hydrogen) atoms. The molecule has 0 saturated carbocycles. The van der Waals surface area contributed by atoms with Gasteiger partial charge in [-0.2, -0.15) is 15.0 Å². The van der Waals surface area contributed by atoms with E-state index >= 15 is 0 Å². The van der Waals surface area contributed by atoms with E-state index in [0.29, 0.717) is 0 Å². The molecule has 7 nitrogen and oxygen atoms in total. The molecule has 1 aromatic heterocycles. The van der Waals surface area contributed by atoms with Crippen LogP contribution >= 0.6 is 0 Å². The van der Waals surface area contributed by atoms with Crippen molar-refractivity contribution >= 4 is 17.8 Å². The average molecular weight is 318 g/mol. The molecule has 3 aliphatic rings. The van der Waals surface area contributed by atoms with Gasteiger partial charge in [-0.15, -0.1) is 0 Å². The van der Waals surface area contributed by atoms with E-state index < -0.39 is 0 Å². The van der Waals surface area contributed by atoms with Crippen LogP contribution in [0.3, 0.4) is 0 Å². The van der Waals surface area contributed by atoms with E-state index in [9.17, 15) is 0 Å². The molecular weight excluding hydrogens is 292 g/mol. The van der Waals surface area contributed by atoms with Gasteiger partial charge in [0.1, 0.15) is 0 Å². The molecule has 0 N–H and O–H groups in total. The van der Waals surface area contributed by atoms with Gasteiger partial charge in [0.05, 0.1) is 13.2 Å². The molecule has 4 heterocycles. The van der Waals surface area contributed by atoms with Crippen LogP contribution in [0.5, 0.6) is 0 Å². The summed E-state index contributed by atoms with van der Waals surface area (Å²) in [4.78, 5) is 21.3. The molecule has 0 aromatic carbocycles. The van der Waals surface area contributed by atoms with E-state index in [1.807, 2.05) is 0 Å². The van der Waals surface area contributed by atoms with Crippen LogP contribution in [-0.2, 0) is 4.74 Å². The first-order valence-corrected chi connectivity index (χ1v) is 8.99. The van der Waals surface area contributed by atoms with Crippen molar-refractivity contribution in [1.82, 2.24) is 15.0 Å². The molecule has 3 saturated heterocycles. The summed E-state index contributed by atoms with van der Waals surface area (Å²) < 4.78 is 5.46. The predicted molar refractivity (Wildman–Crippen MR) is 90.4 cm³/mol. The van der Waals surface area contributed by atoms with Gasteiger partial charge in [-0.25, -0.2) is 0 Å². The third-order valence-electron chi connectivity index (χ3n) is 4.92. The molecule has 0 spiro atoms. The Labute approximate surface area is 137 Å². The fourth-order valence-corrected chi connectivity index (χ4v) is 3.54. The van der Waals surface area contributed by atoms with Gasteiger partial charge in [-0.05, 0) is 32.1 Å². The molecule has 4 rings (SSSR count). The van der Waals surface area contributed by atoms with E-state index in [4.69, 9.17) is 19.7 Å². The summed E-state index contributed by atoms with van der Waals surface area (Å²) in [6, 6.07) is 0. The standard InChI is InChI=1S/C16H26N6O/c1-2-6-20(7-3-1)14-17-15(21-8-4-5-9-21)19-16(18-14)22-10-12-23-13-11-22/h1-13H2. The molecule has 7 heteroatoms. The number of ether oxygens (including phenoxy) is 1. The summed E-state index contributed by atoms with van der Waals surface area (Å²) in [6.45, 7) is 7.48. The van der Waals surface area contributed by atoms with Crippen LogP contribution in [0.2, 0.25) is 0 Å². The highest BCUT2D eigenvalue weighted by Crippen LogP contribution is 2.24. The normalized spacial score (nSPS) is 22.7. The summed E-state index contributed by atoms with van der Waals surface area (Å²) >= 11 is 0. The van der Waals surface area contributed by atoms with Crippen molar-refractivity contribution in [3.05, 3.63) is 0 Å². The first-order valence-electron chi connectivity index (χ1n) is 8.99. The second-order valence-electron chi connectivity index (χ2n) is 6.58. The molecule has 0 bridgehead atoms. The zero-order valence-electron chi connectivity index (χ0n) is 13.8. The summed E-state index contributed by atoms with van der Waals surface area (Å²) in [5.41, 5.74) is 0. The number of nitrogens with zero attached hydrogens (tertiary/aromatic N) is 6. The monoisotopic (exact) mass is 318 g/mol. The number of morpholine rings is 1. The molecule has 0 atom stereocenters. The lowest BCUT2D eigenvalue weighted by Crippen LogP contribution is -2.39. The number of anilines is 3. The molecule has 126 valence electrons. The average Bonchev–Trinajstić information content (AvgIpc) is 3.18. The minimum Gasteiger partial charge on any atom is -0.378 e. The molecule has 0 aliphatic carbocycles. The number of aromatic nitrogens is 3. The van der Waals surface area contributed by atoms with Gasteiger partial charge < -0.3 is 19.4 Å². The van der Waals surface area contributed by atoms with Gasteiger partial charge in [0.25, 0.3) is 0 Å². The number of piperidine rings is 1. The predicted octanol–water partition coefficient (Wildman–Crippen LogP) is 1.30. The maximum Gasteiger partial charge on any atom is 0.232 e. The maximum atomic E-state index is 5.46. The lowest BCUT2D eigenvalue weighted by Gasteiger charge is -2.31. The highest BCUT2D eigenvalue weighted by atomic mass is 16.5. The molecule has 3 fully saturated rings. The van der Waals surface area contributed by atoms with Crippen LogP contribution < -0.4 is 14.7 Å². The molecule has 0 unspecified atom stereocenters. The minimum atomic E-state index is 0.754. The van der Waals surface area contributed by atoms with Gasteiger partial charge in [0, 0.05) is 39.3 Å². The Morgan fingerprint density at radius 3 is 1.39 bits per heavy atom. The van der Waals surface area contributed by atoms with Crippen LogP contribution in [-0.4, -0.2) is 67.4 Å². The van der Waals surface area contributed by atoms with Gasteiger partial charge in [0.15, 0.2) is 0 Å². The molecule has 3 aliphatic heterocycles. The molecule has 0 radical (unpaired) electrons. The smallest absolute Gasteiger partial charge is 0.232 e. The maximum absolute atomic E-state index is 5.46. The largest absolute Gasteiger partial charge is 0.378 e. The Bertz CT molecular complexity index is 485. The summed E-state index contributed by atoms with van der Waals surface area (Å²) in [5, 5.41) is 0. The van der Waals surface area contributed by atoms with Crippen LogP contribution in [0.15, 0.2) is 0 Å². The van der Waals surface area contributed by atoms with Gasteiger partial charge in [-0.3, -0.25) is 0 Å². The molecular formula is C16H26N6O. The summed E-state index contributed by atoms with van der Waals surface area (Å²) in [7, 11) is 0. The van der Waals surface area contributed by atoms with Crippen LogP contribution in [0.1, 0.15) is 32.1 Å². The quantitative estimate of drug-likeness (QED) is 0.832. The van der Waals surface area contributed by atoms with Crippen molar-refractivity contribution in [2.75, 3.05) is 67.2 Å². The van der Waals surface area contributed by atoms with Crippen LogP contribution in [0, 0.1) is 0 Å². The number of hydrogen-bond acceptors (Lipinski definition) is 7. The van der Waals surface area contributed by atoms with Crippen molar-refractivity contribution in [2.24, 2.45) is 0 Å².